The highest BCUT2D eigenvalue weighted by atomic mass is 16.1. The standard InChI is InChI=1S/C11H20N2O/c1-13(9-5-3-2-4-6-9)10-7-11(14)12-8-10/h9-10H,2-8H2,1H3,(H,12,14). The summed E-state index contributed by atoms with van der Waals surface area (Å²) in [6.45, 7) is 0.853. The largest absolute Gasteiger partial charge is 0.354 e. The Morgan fingerprint density at radius 1 is 1.21 bits per heavy atom. The van der Waals surface area contributed by atoms with Crippen molar-refractivity contribution >= 4 is 5.91 Å². The van der Waals surface area contributed by atoms with Crippen LogP contribution in [0.1, 0.15) is 38.5 Å². The molecule has 3 nitrogen and oxygen atoms in total. The number of carbonyl (C=O) groups is 1. The lowest BCUT2D eigenvalue weighted by Crippen LogP contribution is -2.42. The van der Waals surface area contributed by atoms with E-state index in [0.29, 0.717) is 12.5 Å². The van der Waals surface area contributed by atoms with Gasteiger partial charge in [0.15, 0.2) is 0 Å². The van der Waals surface area contributed by atoms with Gasteiger partial charge in [0.1, 0.15) is 0 Å². The molecule has 1 aliphatic carbocycles. The maximum absolute atomic E-state index is 11.1. The average molecular weight is 196 g/mol. The topological polar surface area (TPSA) is 32.3 Å². The minimum absolute atomic E-state index is 0.220. The summed E-state index contributed by atoms with van der Waals surface area (Å²) in [5.74, 6) is 0.220. The van der Waals surface area contributed by atoms with Gasteiger partial charge in [-0.05, 0) is 19.9 Å². The van der Waals surface area contributed by atoms with Gasteiger partial charge in [0.05, 0.1) is 0 Å². The fourth-order valence-corrected chi connectivity index (χ4v) is 2.66. The van der Waals surface area contributed by atoms with E-state index in [-0.39, 0.29) is 5.91 Å². The van der Waals surface area contributed by atoms with Gasteiger partial charge in [-0.25, -0.2) is 0 Å². The van der Waals surface area contributed by atoms with Crippen LogP contribution in [0.25, 0.3) is 0 Å². The van der Waals surface area contributed by atoms with Crippen molar-refractivity contribution in [3.8, 4) is 0 Å². The first-order chi connectivity index (χ1) is 6.77. The zero-order valence-corrected chi connectivity index (χ0v) is 8.96. The molecule has 1 heterocycles. The first-order valence-electron chi connectivity index (χ1n) is 5.76. The van der Waals surface area contributed by atoms with E-state index in [1.807, 2.05) is 0 Å². The SMILES string of the molecule is CN(C1CCCCC1)C1CNC(=O)C1. The Bertz CT molecular complexity index is 211. The Hall–Kier alpha value is -0.570. The molecule has 1 saturated heterocycles. The number of amides is 1. The molecule has 1 amide bonds. The second-order valence-corrected chi connectivity index (χ2v) is 4.62. The Labute approximate surface area is 85.8 Å². The second kappa shape index (κ2) is 4.30. The van der Waals surface area contributed by atoms with Gasteiger partial charge in [0.2, 0.25) is 5.91 Å². The molecule has 0 spiro atoms. The normalized spacial score (nSPS) is 29.6. The molecule has 0 radical (unpaired) electrons. The molecule has 0 aromatic carbocycles. The van der Waals surface area contributed by atoms with Crippen molar-refractivity contribution in [3.05, 3.63) is 0 Å². The fourth-order valence-electron chi connectivity index (χ4n) is 2.66. The van der Waals surface area contributed by atoms with Crippen LogP contribution >= 0.6 is 0 Å². The van der Waals surface area contributed by atoms with Crippen LogP contribution in [0.5, 0.6) is 0 Å². The molecular weight excluding hydrogens is 176 g/mol. The maximum Gasteiger partial charge on any atom is 0.221 e. The van der Waals surface area contributed by atoms with Crippen LogP contribution in [-0.4, -0.2) is 36.5 Å². The highest BCUT2D eigenvalue weighted by Gasteiger charge is 2.29. The minimum Gasteiger partial charge on any atom is -0.354 e. The number of nitrogens with zero attached hydrogens (tertiary/aromatic N) is 1. The first kappa shape index (κ1) is 9.97. The summed E-state index contributed by atoms with van der Waals surface area (Å²) >= 11 is 0. The number of nitrogens with one attached hydrogen (secondary N) is 1. The lowest BCUT2D eigenvalue weighted by molar-refractivity contribution is -0.119. The molecule has 2 rings (SSSR count). The van der Waals surface area contributed by atoms with E-state index in [4.69, 9.17) is 0 Å². The van der Waals surface area contributed by atoms with Gasteiger partial charge in [-0.1, -0.05) is 19.3 Å². The van der Waals surface area contributed by atoms with Crippen LogP contribution in [0.4, 0.5) is 0 Å². The third-order valence-electron chi connectivity index (χ3n) is 3.68. The fraction of sp³-hybridized carbons (Fsp3) is 0.909. The van der Waals surface area contributed by atoms with Gasteiger partial charge in [-0.3, -0.25) is 9.69 Å². The van der Waals surface area contributed by atoms with Crippen molar-refractivity contribution in [2.24, 2.45) is 0 Å². The number of carbonyl (C=O) groups excluding carboxylic acids is 1. The van der Waals surface area contributed by atoms with E-state index in [2.05, 4.69) is 17.3 Å². The van der Waals surface area contributed by atoms with Crippen molar-refractivity contribution < 1.29 is 4.79 Å². The summed E-state index contributed by atoms with van der Waals surface area (Å²) in [6, 6.07) is 1.17. The van der Waals surface area contributed by atoms with Gasteiger partial charge in [-0.15, -0.1) is 0 Å². The summed E-state index contributed by atoms with van der Waals surface area (Å²) in [5, 5.41) is 2.91. The Morgan fingerprint density at radius 3 is 2.50 bits per heavy atom. The van der Waals surface area contributed by atoms with E-state index in [9.17, 15) is 4.79 Å². The molecule has 0 bridgehead atoms. The van der Waals surface area contributed by atoms with E-state index >= 15 is 0 Å². The van der Waals surface area contributed by atoms with Crippen LogP contribution in [0.15, 0.2) is 0 Å². The van der Waals surface area contributed by atoms with Crippen LogP contribution in [0, 0.1) is 0 Å². The quantitative estimate of drug-likeness (QED) is 0.718. The van der Waals surface area contributed by atoms with Crippen molar-refractivity contribution in [1.29, 1.82) is 0 Å². The molecule has 1 N–H and O–H groups in total. The lowest BCUT2D eigenvalue weighted by Gasteiger charge is -2.34. The van der Waals surface area contributed by atoms with Crippen molar-refractivity contribution in [2.75, 3.05) is 13.6 Å². The van der Waals surface area contributed by atoms with Crippen LogP contribution in [0.3, 0.4) is 0 Å². The highest BCUT2D eigenvalue weighted by molar-refractivity contribution is 5.78. The monoisotopic (exact) mass is 196 g/mol. The molecule has 1 atom stereocenters. The van der Waals surface area contributed by atoms with Crippen molar-refractivity contribution in [2.45, 2.75) is 50.6 Å². The zero-order chi connectivity index (χ0) is 9.97. The van der Waals surface area contributed by atoms with Crippen LogP contribution < -0.4 is 5.32 Å². The van der Waals surface area contributed by atoms with Crippen molar-refractivity contribution in [3.63, 3.8) is 0 Å². The first-order valence-corrected chi connectivity index (χ1v) is 5.76. The Morgan fingerprint density at radius 2 is 1.93 bits per heavy atom. The summed E-state index contributed by atoms with van der Waals surface area (Å²) in [4.78, 5) is 13.5. The van der Waals surface area contributed by atoms with Gasteiger partial charge < -0.3 is 5.32 Å². The third-order valence-corrected chi connectivity index (χ3v) is 3.68. The number of hydrogen-bond donors (Lipinski definition) is 1. The second-order valence-electron chi connectivity index (χ2n) is 4.62. The molecule has 0 aromatic heterocycles. The Balaban J connectivity index is 1.86. The smallest absolute Gasteiger partial charge is 0.221 e. The highest BCUT2D eigenvalue weighted by Crippen LogP contribution is 2.24. The van der Waals surface area contributed by atoms with Gasteiger partial charge in [-0.2, -0.15) is 0 Å². The molecule has 14 heavy (non-hydrogen) atoms. The third kappa shape index (κ3) is 2.08. The summed E-state index contributed by atoms with van der Waals surface area (Å²) in [7, 11) is 2.18. The number of hydrogen-bond acceptors (Lipinski definition) is 2. The minimum atomic E-state index is 0.220. The number of rotatable bonds is 2. The lowest BCUT2D eigenvalue weighted by atomic mass is 9.93. The Kier molecular flexibility index (Phi) is 3.06. The van der Waals surface area contributed by atoms with Crippen LogP contribution in [-0.2, 0) is 4.79 Å². The van der Waals surface area contributed by atoms with E-state index in [1.165, 1.54) is 32.1 Å². The molecule has 80 valence electrons. The molecule has 2 fully saturated rings. The predicted octanol–water partition coefficient (Wildman–Crippen LogP) is 1.14. The van der Waals surface area contributed by atoms with Crippen molar-refractivity contribution in [1.82, 2.24) is 10.2 Å². The van der Waals surface area contributed by atoms with Gasteiger partial charge in [0.25, 0.3) is 0 Å². The molecule has 1 saturated carbocycles. The molecule has 1 unspecified atom stereocenters. The average Bonchev–Trinajstić information content (AvgIpc) is 2.65. The van der Waals surface area contributed by atoms with E-state index in [0.717, 1.165) is 12.6 Å². The summed E-state index contributed by atoms with van der Waals surface area (Å²) < 4.78 is 0. The molecule has 2 aliphatic rings. The molecule has 1 aliphatic heterocycles. The molecular formula is C11H20N2O. The summed E-state index contributed by atoms with van der Waals surface area (Å²) in [6.07, 6.45) is 7.47. The van der Waals surface area contributed by atoms with Gasteiger partial charge in [0, 0.05) is 25.0 Å². The predicted molar refractivity (Wildman–Crippen MR) is 56.1 cm³/mol. The van der Waals surface area contributed by atoms with Gasteiger partial charge >= 0.3 is 0 Å². The molecule has 0 aromatic rings. The summed E-state index contributed by atoms with van der Waals surface area (Å²) in [5.41, 5.74) is 0. The number of likely N-dealkylation sites (N-methyl/N-ethyl adjacent to an activating group) is 1. The van der Waals surface area contributed by atoms with Crippen LogP contribution in [0.2, 0.25) is 0 Å². The van der Waals surface area contributed by atoms with E-state index < -0.39 is 0 Å². The molecule has 3 heteroatoms. The zero-order valence-electron chi connectivity index (χ0n) is 8.96. The van der Waals surface area contributed by atoms with E-state index in [1.54, 1.807) is 0 Å². The maximum atomic E-state index is 11.1.